The minimum Gasteiger partial charge on any atom is -0.480 e. The lowest BCUT2D eigenvalue weighted by Crippen LogP contribution is -2.43. The van der Waals surface area contributed by atoms with Gasteiger partial charge in [-0.2, -0.15) is 5.10 Å². The molecule has 6 rings (SSSR count). The fourth-order valence-corrected chi connectivity index (χ4v) is 7.24. The van der Waals surface area contributed by atoms with E-state index >= 15 is 0 Å². The lowest BCUT2D eigenvalue weighted by molar-refractivity contribution is -0.144. The number of likely N-dealkylation sites (tertiary alicyclic amines) is 2. The molecule has 0 spiro atoms. The van der Waals surface area contributed by atoms with Gasteiger partial charge in [0.15, 0.2) is 5.65 Å². The summed E-state index contributed by atoms with van der Waals surface area (Å²) in [5.41, 5.74) is 5.34. The lowest BCUT2D eigenvalue weighted by Gasteiger charge is -2.35. The van der Waals surface area contributed by atoms with E-state index in [2.05, 4.69) is 27.9 Å². The van der Waals surface area contributed by atoms with Crippen LogP contribution in [0.15, 0.2) is 36.5 Å². The molecule has 3 aliphatic rings. The van der Waals surface area contributed by atoms with E-state index in [-0.39, 0.29) is 17.7 Å². The molecule has 0 bridgehead atoms. The van der Waals surface area contributed by atoms with E-state index in [0.717, 1.165) is 80.9 Å². The SMILES string of the molecule is Cc1cc(C)n2ncc(C3CCN(C[C@H]4CN([C@H](CC5CCC5)C(=O)O)C[C@@H]4c4cccc(F)c4)CC3)c2n1. The number of aryl methyl sites for hydroxylation is 2. The molecule has 3 atom stereocenters. The van der Waals surface area contributed by atoms with Gasteiger partial charge in [-0.05, 0) is 87.7 Å². The normalized spacial score (nSPS) is 24.3. The van der Waals surface area contributed by atoms with Gasteiger partial charge in [-0.15, -0.1) is 0 Å². The Morgan fingerprint density at radius 1 is 1.13 bits per heavy atom. The molecule has 1 aromatic carbocycles. The molecule has 1 aliphatic carbocycles. The molecule has 3 fully saturated rings. The van der Waals surface area contributed by atoms with Gasteiger partial charge in [0, 0.05) is 42.5 Å². The monoisotopic (exact) mass is 533 g/mol. The molecule has 0 amide bonds. The first-order valence-corrected chi connectivity index (χ1v) is 14.6. The van der Waals surface area contributed by atoms with Crippen molar-refractivity contribution in [2.24, 2.45) is 11.8 Å². The number of carboxylic acids is 1. The summed E-state index contributed by atoms with van der Waals surface area (Å²) < 4.78 is 16.2. The molecule has 2 aliphatic heterocycles. The van der Waals surface area contributed by atoms with Gasteiger partial charge in [-0.1, -0.05) is 31.4 Å². The lowest BCUT2D eigenvalue weighted by atomic mass is 9.80. The van der Waals surface area contributed by atoms with Gasteiger partial charge >= 0.3 is 5.97 Å². The maximum atomic E-state index is 14.2. The zero-order chi connectivity index (χ0) is 27.1. The summed E-state index contributed by atoms with van der Waals surface area (Å²) in [7, 11) is 0. The smallest absolute Gasteiger partial charge is 0.320 e. The average molecular weight is 534 g/mol. The fourth-order valence-electron chi connectivity index (χ4n) is 7.24. The Morgan fingerprint density at radius 2 is 1.92 bits per heavy atom. The third-order valence-electron chi connectivity index (χ3n) is 9.58. The minimum absolute atomic E-state index is 0.136. The van der Waals surface area contributed by atoms with Crippen LogP contribution in [0.3, 0.4) is 0 Å². The van der Waals surface area contributed by atoms with Gasteiger partial charge in [0.1, 0.15) is 11.9 Å². The number of carbonyl (C=O) groups is 1. The predicted octanol–water partition coefficient (Wildman–Crippen LogP) is 5.02. The first kappa shape index (κ1) is 26.4. The summed E-state index contributed by atoms with van der Waals surface area (Å²) in [6.45, 7) is 8.43. The molecule has 3 aromatic rings. The van der Waals surface area contributed by atoms with Crippen LogP contribution >= 0.6 is 0 Å². The number of aromatic nitrogens is 3. The Labute approximate surface area is 230 Å². The molecule has 0 unspecified atom stereocenters. The summed E-state index contributed by atoms with van der Waals surface area (Å²) in [4.78, 5) is 21.8. The third kappa shape index (κ3) is 5.46. The molecule has 7 nitrogen and oxygen atoms in total. The first-order valence-electron chi connectivity index (χ1n) is 14.6. The van der Waals surface area contributed by atoms with Gasteiger partial charge in [0.05, 0.1) is 6.20 Å². The Bertz CT molecular complexity index is 1330. The molecule has 39 heavy (non-hydrogen) atoms. The van der Waals surface area contributed by atoms with Gasteiger partial charge in [0.2, 0.25) is 0 Å². The van der Waals surface area contributed by atoms with Crippen molar-refractivity contribution in [2.45, 2.75) is 70.3 Å². The number of hydrogen-bond donors (Lipinski definition) is 1. The molecular weight excluding hydrogens is 493 g/mol. The Kier molecular flexibility index (Phi) is 7.42. The predicted molar refractivity (Wildman–Crippen MR) is 148 cm³/mol. The molecule has 2 saturated heterocycles. The standard InChI is InChI=1S/C31H40FN5O2/c1-20-13-21(2)37-30(34-20)27(16-33-37)23-9-11-35(12-10-23)17-25-18-36(29(31(38)39)14-22-5-3-6-22)19-28(25)24-7-4-8-26(32)15-24/h4,7-8,13,15-16,22-23,25,28-29H,3,5-6,9-12,14,17-19H2,1-2H3,(H,38,39)/t25-,28+,29+/m0/s1. The van der Waals surface area contributed by atoms with Crippen LogP contribution < -0.4 is 0 Å². The number of hydrogen-bond acceptors (Lipinski definition) is 5. The Balaban J connectivity index is 1.16. The molecule has 208 valence electrons. The van der Waals surface area contributed by atoms with Gasteiger partial charge in [-0.25, -0.2) is 13.9 Å². The molecule has 1 saturated carbocycles. The quantitative estimate of drug-likeness (QED) is 0.438. The van der Waals surface area contributed by atoms with E-state index in [1.54, 1.807) is 12.1 Å². The van der Waals surface area contributed by atoms with Crippen molar-refractivity contribution in [1.82, 2.24) is 24.4 Å². The Morgan fingerprint density at radius 3 is 2.62 bits per heavy atom. The molecule has 4 heterocycles. The van der Waals surface area contributed by atoms with Crippen LogP contribution in [0.4, 0.5) is 4.39 Å². The summed E-state index contributed by atoms with van der Waals surface area (Å²) in [5.74, 6) is 0.437. The van der Waals surface area contributed by atoms with Crippen molar-refractivity contribution in [3.8, 4) is 0 Å². The van der Waals surface area contributed by atoms with Gasteiger partial charge in [0.25, 0.3) is 0 Å². The number of rotatable bonds is 8. The van der Waals surface area contributed by atoms with Crippen molar-refractivity contribution >= 4 is 11.6 Å². The summed E-state index contributed by atoms with van der Waals surface area (Å²) in [6, 6.07) is 8.56. The van der Waals surface area contributed by atoms with Crippen molar-refractivity contribution in [3.05, 3.63) is 64.9 Å². The van der Waals surface area contributed by atoms with Crippen LogP contribution in [-0.4, -0.2) is 74.2 Å². The second-order valence-electron chi connectivity index (χ2n) is 12.2. The summed E-state index contributed by atoms with van der Waals surface area (Å²) in [5, 5.41) is 14.7. The minimum atomic E-state index is -0.714. The highest BCUT2D eigenvalue weighted by molar-refractivity contribution is 5.73. The summed E-state index contributed by atoms with van der Waals surface area (Å²) >= 11 is 0. The number of benzene rings is 1. The number of fused-ring (bicyclic) bond motifs is 1. The van der Waals surface area contributed by atoms with Crippen molar-refractivity contribution in [3.63, 3.8) is 0 Å². The Hall–Kier alpha value is -2.84. The molecular formula is C31H40FN5O2. The molecule has 8 heteroatoms. The summed E-state index contributed by atoms with van der Waals surface area (Å²) in [6.07, 6.45) is 8.34. The van der Waals surface area contributed by atoms with Gasteiger partial charge < -0.3 is 10.0 Å². The van der Waals surface area contributed by atoms with Crippen molar-refractivity contribution < 1.29 is 14.3 Å². The maximum absolute atomic E-state index is 14.2. The maximum Gasteiger partial charge on any atom is 0.320 e. The van der Waals surface area contributed by atoms with E-state index in [9.17, 15) is 14.3 Å². The number of nitrogens with zero attached hydrogens (tertiary/aromatic N) is 5. The van der Waals surface area contributed by atoms with E-state index in [0.29, 0.717) is 18.4 Å². The van der Waals surface area contributed by atoms with E-state index in [1.807, 2.05) is 23.7 Å². The molecule has 2 aromatic heterocycles. The number of halogens is 1. The van der Waals surface area contributed by atoms with Crippen LogP contribution in [0, 0.1) is 31.5 Å². The number of aliphatic carboxylic acids is 1. The van der Waals surface area contributed by atoms with E-state index < -0.39 is 12.0 Å². The first-order chi connectivity index (χ1) is 18.9. The van der Waals surface area contributed by atoms with Crippen molar-refractivity contribution in [2.75, 3.05) is 32.7 Å². The number of carboxylic acid groups (broad SMARTS) is 1. The largest absolute Gasteiger partial charge is 0.480 e. The van der Waals surface area contributed by atoms with Crippen LogP contribution in [0.1, 0.15) is 72.9 Å². The van der Waals surface area contributed by atoms with Crippen molar-refractivity contribution in [1.29, 1.82) is 0 Å². The molecule has 1 N–H and O–H groups in total. The molecule has 0 radical (unpaired) electrons. The van der Waals surface area contributed by atoms with Crippen LogP contribution in [0.2, 0.25) is 0 Å². The fraction of sp³-hybridized carbons (Fsp3) is 0.581. The topological polar surface area (TPSA) is 74.0 Å². The highest BCUT2D eigenvalue weighted by atomic mass is 19.1. The zero-order valence-electron chi connectivity index (χ0n) is 23.1. The second kappa shape index (κ2) is 11.0. The van der Waals surface area contributed by atoms with Gasteiger partial charge in [-0.3, -0.25) is 9.69 Å². The highest BCUT2D eigenvalue weighted by Gasteiger charge is 2.41. The van der Waals surface area contributed by atoms with E-state index in [4.69, 9.17) is 4.98 Å². The second-order valence-corrected chi connectivity index (χ2v) is 12.2. The average Bonchev–Trinajstić information content (AvgIpc) is 3.48. The van der Waals surface area contributed by atoms with E-state index in [1.165, 1.54) is 18.1 Å². The van der Waals surface area contributed by atoms with Crippen LogP contribution in [0.5, 0.6) is 0 Å². The van der Waals surface area contributed by atoms with Crippen LogP contribution in [-0.2, 0) is 4.79 Å². The third-order valence-corrected chi connectivity index (χ3v) is 9.58. The highest BCUT2D eigenvalue weighted by Crippen LogP contribution is 2.39. The number of piperidine rings is 1. The zero-order valence-corrected chi connectivity index (χ0v) is 23.1. The van der Waals surface area contributed by atoms with Crippen LogP contribution in [0.25, 0.3) is 5.65 Å².